The lowest BCUT2D eigenvalue weighted by Crippen LogP contribution is -1.99. The summed E-state index contributed by atoms with van der Waals surface area (Å²) in [5.74, 6) is 0. The van der Waals surface area contributed by atoms with Crippen LogP contribution in [-0.2, 0) is 6.54 Å². The van der Waals surface area contributed by atoms with E-state index in [2.05, 4.69) is 26.2 Å². The molecule has 1 aromatic carbocycles. The second-order valence-corrected chi connectivity index (χ2v) is 6.03. The van der Waals surface area contributed by atoms with E-state index < -0.39 is 0 Å². The molecule has 3 nitrogen and oxygen atoms in total. The molecule has 3 rings (SSSR count). The molecule has 20 heavy (non-hydrogen) atoms. The van der Waals surface area contributed by atoms with Gasteiger partial charge < -0.3 is 9.72 Å². The van der Waals surface area contributed by atoms with Crippen molar-refractivity contribution >= 4 is 50.5 Å². The Morgan fingerprint density at radius 1 is 1.15 bits per heavy atom. The Morgan fingerprint density at radius 2 is 2.00 bits per heavy atom. The summed E-state index contributed by atoms with van der Waals surface area (Å²) in [4.78, 5) is 4.51. The van der Waals surface area contributed by atoms with Gasteiger partial charge in [-0.25, -0.2) is 4.98 Å². The number of benzene rings is 1. The van der Waals surface area contributed by atoms with Gasteiger partial charge >= 0.3 is 0 Å². The maximum Gasteiger partial charge on any atom is 0.137 e. The molecule has 0 aliphatic heterocycles. The van der Waals surface area contributed by atoms with E-state index in [0.29, 0.717) is 16.6 Å². The predicted octanol–water partition coefficient (Wildman–Crippen LogP) is 5.02. The van der Waals surface area contributed by atoms with E-state index in [4.69, 9.17) is 23.2 Å². The molecule has 0 aliphatic carbocycles. The van der Waals surface area contributed by atoms with Crippen molar-refractivity contribution < 1.29 is 0 Å². The van der Waals surface area contributed by atoms with Gasteiger partial charge in [-0.1, -0.05) is 23.2 Å². The van der Waals surface area contributed by atoms with Crippen LogP contribution in [0.4, 0.5) is 5.69 Å². The molecular formula is C14H10BrCl2N3. The molecule has 0 atom stereocenters. The monoisotopic (exact) mass is 369 g/mol. The molecule has 3 aromatic rings. The zero-order valence-electron chi connectivity index (χ0n) is 10.3. The first-order valence-corrected chi connectivity index (χ1v) is 7.49. The van der Waals surface area contributed by atoms with Gasteiger partial charge in [-0.05, 0) is 46.3 Å². The first kappa shape index (κ1) is 13.7. The van der Waals surface area contributed by atoms with Crippen LogP contribution in [0.25, 0.3) is 5.65 Å². The quantitative estimate of drug-likeness (QED) is 0.701. The maximum atomic E-state index is 6.06. The van der Waals surface area contributed by atoms with E-state index in [1.54, 1.807) is 0 Å². The molecule has 1 N–H and O–H groups in total. The van der Waals surface area contributed by atoms with Crippen molar-refractivity contribution in [3.05, 3.63) is 62.9 Å². The molecule has 6 heteroatoms. The molecule has 102 valence electrons. The molecular weight excluding hydrogens is 361 g/mol. The van der Waals surface area contributed by atoms with Gasteiger partial charge in [-0.2, -0.15) is 0 Å². The van der Waals surface area contributed by atoms with Crippen molar-refractivity contribution in [2.75, 3.05) is 5.32 Å². The third-order valence-corrected chi connectivity index (χ3v) is 4.31. The summed E-state index contributed by atoms with van der Waals surface area (Å²) >= 11 is 15.4. The Balaban J connectivity index is 1.77. The zero-order chi connectivity index (χ0) is 14.1. The summed E-state index contributed by atoms with van der Waals surface area (Å²) in [5, 5.41) is 4.66. The van der Waals surface area contributed by atoms with Crippen molar-refractivity contribution in [1.82, 2.24) is 9.38 Å². The molecule has 0 amide bonds. The Kier molecular flexibility index (Phi) is 3.87. The molecule has 0 spiro atoms. The van der Waals surface area contributed by atoms with Gasteiger partial charge in [0, 0.05) is 22.6 Å². The van der Waals surface area contributed by atoms with E-state index >= 15 is 0 Å². The van der Waals surface area contributed by atoms with Crippen molar-refractivity contribution in [3.63, 3.8) is 0 Å². The normalized spacial score (nSPS) is 10.9. The van der Waals surface area contributed by atoms with Crippen molar-refractivity contribution in [3.8, 4) is 0 Å². The molecule has 0 aliphatic rings. The Morgan fingerprint density at radius 3 is 2.80 bits per heavy atom. The molecule has 0 saturated carbocycles. The van der Waals surface area contributed by atoms with Gasteiger partial charge in [0.15, 0.2) is 0 Å². The van der Waals surface area contributed by atoms with Crippen LogP contribution >= 0.6 is 39.1 Å². The third kappa shape index (κ3) is 2.92. The fourth-order valence-electron chi connectivity index (χ4n) is 1.90. The number of aromatic nitrogens is 2. The average Bonchev–Trinajstić information content (AvgIpc) is 2.82. The first-order valence-electron chi connectivity index (χ1n) is 5.94. The molecule has 0 saturated heterocycles. The fourth-order valence-corrected chi connectivity index (χ4v) is 2.50. The van der Waals surface area contributed by atoms with Crippen LogP contribution in [0.1, 0.15) is 5.69 Å². The molecule has 0 fully saturated rings. The van der Waals surface area contributed by atoms with Gasteiger partial charge in [-0.3, -0.25) is 0 Å². The van der Waals surface area contributed by atoms with Crippen molar-refractivity contribution in [2.45, 2.75) is 6.54 Å². The summed E-state index contributed by atoms with van der Waals surface area (Å²) in [6, 6.07) is 9.47. The lowest BCUT2D eigenvalue weighted by Gasteiger charge is -2.05. The summed E-state index contributed by atoms with van der Waals surface area (Å²) in [6.07, 6.45) is 3.79. The molecule has 0 radical (unpaired) electrons. The van der Waals surface area contributed by atoms with Gasteiger partial charge in [0.2, 0.25) is 0 Å². The smallest absolute Gasteiger partial charge is 0.137 e. The molecule has 2 heterocycles. The van der Waals surface area contributed by atoms with Gasteiger partial charge in [0.25, 0.3) is 0 Å². The first-order chi connectivity index (χ1) is 9.61. The number of nitrogens with zero attached hydrogens (tertiary/aromatic N) is 2. The lowest BCUT2D eigenvalue weighted by molar-refractivity contribution is 1.08. The Bertz CT molecular complexity index is 770. The van der Waals surface area contributed by atoms with Crippen LogP contribution in [0.3, 0.4) is 0 Å². The van der Waals surface area contributed by atoms with Crippen LogP contribution < -0.4 is 5.32 Å². The number of halogens is 3. The minimum Gasteiger partial charge on any atom is -0.379 e. The highest BCUT2D eigenvalue weighted by molar-refractivity contribution is 9.10. The van der Waals surface area contributed by atoms with E-state index in [0.717, 1.165) is 21.5 Å². The number of fused-ring (bicyclic) bond motifs is 1. The number of hydrogen-bond acceptors (Lipinski definition) is 2. The number of imidazole rings is 1. The maximum absolute atomic E-state index is 6.06. The highest BCUT2D eigenvalue weighted by Crippen LogP contribution is 2.25. The predicted molar refractivity (Wildman–Crippen MR) is 86.7 cm³/mol. The highest BCUT2D eigenvalue weighted by atomic mass is 79.9. The number of rotatable bonds is 3. The van der Waals surface area contributed by atoms with Crippen LogP contribution in [0.15, 0.2) is 47.2 Å². The highest BCUT2D eigenvalue weighted by Gasteiger charge is 2.03. The van der Waals surface area contributed by atoms with Crippen LogP contribution in [0, 0.1) is 0 Å². The number of pyridine rings is 1. The number of anilines is 1. The summed E-state index contributed by atoms with van der Waals surface area (Å²) in [6.45, 7) is 0.622. The Hall–Kier alpha value is -1.23. The van der Waals surface area contributed by atoms with E-state index in [9.17, 15) is 0 Å². The van der Waals surface area contributed by atoms with Gasteiger partial charge in [-0.15, -0.1) is 0 Å². The molecule has 2 aromatic heterocycles. The summed E-state index contributed by atoms with van der Waals surface area (Å²) < 4.78 is 2.79. The van der Waals surface area contributed by atoms with E-state index in [1.807, 2.05) is 47.1 Å². The average molecular weight is 371 g/mol. The number of hydrogen-bond donors (Lipinski definition) is 1. The molecule has 0 unspecified atom stereocenters. The standard InChI is InChI=1S/C14H10BrCl2N3/c15-12-3-2-10(5-13(12)17)18-6-11-8-20-7-9(16)1-4-14(20)19-11/h1-5,7-8,18H,6H2. The van der Waals surface area contributed by atoms with Crippen molar-refractivity contribution in [1.29, 1.82) is 0 Å². The SMILES string of the molecule is Clc1ccc2nc(CNc3ccc(Br)c(Cl)c3)cn2c1. The largest absolute Gasteiger partial charge is 0.379 e. The van der Waals surface area contributed by atoms with Crippen LogP contribution in [0.5, 0.6) is 0 Å². The Labute approximate surface area is 134 Å². The third-order valence-electron chi connectivity index (χ3n) is 2.86. The second-order valence-electron chi connectivity index (χ2n) is 4.33. The van der Waals surface area contributed by atoms with Crippen LogP contribution in [-0.4, -0.2) is 9.38 Å². The fraction of sp³-hybridized carbons (Fsp3) is 0.0714. The van der Waals surface area contributed by atoms with E-state index in [1.165, 1.54) is 0 Å². The van der Waals surface area contributed by atoms with Gasteiger partial charge in [0.1, 0.15) is 5.65 Å². The van der Waals surface area contributed by atoms with Gasteiger partial charge in [0.05, 0.1) is 22.3 Å². The van der Waals surface area contributed by atoms with Crippen LogP contribution in [0.2, 0.25) is 10.0 Å². The zero-order valence-corrected chi connectivity index (χ0v) is 13.4. The topological polar surface area (TPSA) is 29.3 Å². The lowest BCUT2D eigenvalue weighted by atomic mass is 10.3. The minimum absolute atomic E-state index is 0.622. The minimum atomic E-state index is 0.622. The molecule has 0 bridgehead atoms. The van der Waals surface area contributed by atoms with Crippen molar-refractivity contribution in [2.24, 2.45) is 0 Å². The van der Waals surface area contributed by atoms with E-state index in [-0.39, 0.29) is 0 Å². The summed E-state index contributed by atoms with van der Waals surface area (Å²) in [7, 11) is 0. The second kappa shape index (κ2) is 5.64. The number of nitrogens with one attached hydrogen (secondary N) is 1. The summed E-state index contributed by atoms with van der Waals surface area (Å²) in [5.41, 5.74) is 2.76.